The Morgan fingerprint density at radius 2 is 1.95 bits per heavy atom. The molecular formula is C18H26N2OS. The normalized spacial score (nSPS) is 22.5. The monoisotopic (exact) mass is 318 g/mol. The number of nitrogens with two attached hydrogens (primary N) is 1. The highest BCUT2D eigenvalue weighted by atomic mass is 32.2. The second-order valence-electron chi connectivity index (χ2n) is 6.63. The number of carbonyl (C=O) groups is 1. The first-order valence-corrected chi connectivity index (χ1v) is 9.39. The Morgan fingerprint density at radius 3 is 2.68 bits per heavy atom. The summed E-state index contributed by atoms with van der Waals surface area (Å²) in [7, 11) is 0. The van der Waals surface area contributed by atoms with Gasteiger partial charge in [-0.1, -0.05) is 49.6 Å². The molecule has 4 heteroatoms. The van der Waals surface area contributed by atoms with E-state index in [2.05, 4.69) is 16.7 Å². The lowest BCUT2D eigenvalue weighted by Crippen LogP contribution is -2.50. The minimum Gasteiger partial charge on any atom is -0.340 e. The molecule has 1 aromatic rings. The lowest BCUT2D eigenvalue weighted by Gasteiger charge is -2.44. The van der Waals surface area contributed by atoms with Crippen molar-refractivity contribution in [3.05, 3.63) is 35.9 Å². The van der Waals surface area contributed by atoms with E-state index in [0.29, 0.717) is 11.2 Å². The fourth-order valence-corrected chi connectivity index (χ4v) is 5.26. The molecule has 0 aromatic heterocycles. The van der Waals surface area contributed by atoms with Crippen molar-refractivity contribution in [3.63, 3.8) is 0 Å². The van der Waals surface area contributed by atoms with Crippen LogP contribution in [0.25, 0.3) is 0 Å². The van der Waals surface area contributed by atoms with Crippen molar-refractivity contribution >= 4 is 17.7 Å². The molecule has 1 unspecified atom stereocenters. The van der Waals surface area contributed by atoms with Gasteiger partial charge in [-0.2, -0.15) is 11.8 Å². The van der Waals surface area contributed by atoms with Crippen molar-refractivity contribution in [3.8, 4) is 0 Å². The Bertz CT molecular complexity index is 494. The van der Waals surface area contributed by atoms with Gasteiger partial charge in [0.1, 0.15) is 0 Å². The predicted molar refractivity (Wildman–Crippen MR) is 92.8 cm³/mol. The Balaban J connectivity index is 1.60. The number of rotatable bonds is 3. The highest BCUT2D eigenvalue weighted by Crippen LogP contribution is 2.42. The molecule has 2 aliphatic rings. The first kappa shape index (κ1) is 15.9. The summed E-state index contributed by atoms with van der Waals surface area (Å²) in [5.74, 6) is 1.30. The Morgan fingerprint density at radius 1 is 1.23 bits per heavy atom. The number of amides is 1. The van der Waals surface area contributed by atoms with Crippen LogP contribution in [0.1, 0.15) is 50.1 Å². The van der Waals surface area contributed by atoms with Gasteiger partial charge in [0.05, 0.1) is 0 Å². The van der Waals surface area contributed by atoms with Crippen LogP contribution >= 0.6 is 11.8 Å². The molecule has 22 heavy (non-hydrogen) atoms. The lowest BCUT2D eigenvalue weighted by atomic mass is 9.87. The van der Waals surface area contributed by atoms with Crippen LogP contribution in [0, 0.1) is 0 Å². The van der Waals surface area contributed by atoms with Gasteiger partial charge in [0.25, 0.3) is 0 Å². The van der Waals surface area contributed by atoms with E-state index in [1.165, 1.54) is 32.1 Å². The van der Waals surface area contributed by atoms with E-state index in [1.54, 1.807) is 0 Å². The Labute approximate surface area is 137 Å². The Hall–Kier alpha value is -1.00. The molecule has 3 nitrogen and oxygen atoms in total. The molecule has 1 heterocycles. The van der Waals surface area contributed by atoms with Crippen molar-refractivity contribution in [1.82, 2.24) is 4.90 Å². The molecule has 1 amide bonds. The van der Waals surface area contributed by atoms with Gasteiger partial charge in [-0.3, -0.25) is 4.79 Å². The predicted octanol–water partition coefficient (Wildman–Crippen LogP) is 3.35. The highest BCUT2D eigenvalue weighted by Gasteiger charge is 2.38. The first-order chi connectivity index (χ1) is 10.7. The summed E-state index contributed by atoms with van der Waals surface area (Å²) in [6.07, 6.45) is 6.95. The molecule has 120 valence electrons. The van der Waals surface area contributed by atoms with Gasteiger partial charge in [-0.15, -0.1) is 0 Å². The quantitative estimate of drug-likeness (QED) is 0.929. The molecule has 0 radical (unpaired) electrons. The zero-order valence-corrected chi connectivity index (χ0v) is 14.0. The van der Waals surface area contributed by atoms with Crippen molar-refractivity contribution in [2.75, 3.05) is 18.8 Å². The first-order valence-electron chi connectivity index (χ1n) is 8.41. The molecule has 1 saturated heterocycles. The van der Waals surface area contributed by atoms with E-state index in [9.17, 15) is 4.79 Å². The molecule has 1 atom stereocenters. The summed E-state index contributed by atoms with van der Waals surface area (Å²) in [4.78, 5) is 14.7. The van der Waals surface area contributed by atoms with E-state index in [1.807, 2.05) is 30.3 Å². The van der Waals surface area contributed by atoms with Crippen LogP contribution in [-0.4, -0.2) is 34.4 Å². The molecule has 1 aliphatic carbocycles. The number of hydrogen-bond acceptors (Lipinski definition) is 3. The lowest BCUT2D eigenvalue weighted by molar-refractivity contribution is -0.132. The summed E-state index contributed by atoms with van der Waals surface area (Å²) < 4.78 is 0.336. The van der Waals surface area contributed by atoms with Crippen LogP contribution in [0.4, 0.5) is 0 Å². The molecule has 1 aromatic carbocycles. The number of benzene rings is 1. The Kier molecular flexibility index (Phi) is 5.09. The van der Waals surface area contributed by atoms with Crippen LogP contribution in [-0.2, 0) is 4.79 Å². The highest BCUT2D eigenvalue weighted by molar-refractivity contribution is 8.00. The van der Waals surface area contributed by atoms with Gasteiger partial charge < -0.3 is 10.6 Å². The molecular weight excluding hydrogens is 292 g/mol. The fraction of sp³-hybridized carbons (Fsp3) is 0.611. The fourth-order valence-electron chi connectivity index (χ4n) is 3.69. The smallest absolute Gasteiger partial charge is 0.224 e. The van der Waals surface area contributed by atoms with Crippen molar-refractivity contribution in [1.29, 1.82) is 0 Å². The van der Waals surface area contributed by atoms with Crippen LogP contribution in [0.15, 0.2) is 30.3 Å². The zero-order valence-electron chi connectivity index (χ0n) is 13.2. The summed E-state index contributed by atoms with van der Waals surface area (Å²) >= 11 is 2.10. The van der Waals surface area contributed by atoms with E-state index >= 15 is 0 Å². The summed E-state index contributed by atoms with van der Waals surface area (Å²) in [5.41, 5.74) is 7.27. The molecule has 0 bridgehead atoms. The van der Waals surface area contributed by atoms with Crippen LogP contribution < -0.4 is 5.73 Å². The largest absolute Gasteiger partial charge is 0.340 e. The molecule has 1 aliphatic heterocycles. The van der Waals surface area contributed by atoms with E-state index in [4.69, 9.17) is 5.73 Å². The standard InChI is InChI=1S/C18H26N2OS/c19-16(15-7-3-1-4-8-15)13-17(21)20-11-12-22-18(14-20)9-5-2-6-10-18/h1,3-4,7-8,16H,2,5-6,9-14,19H2. The molecule has 2 fully saturated rings. The number of hydrogen-bond donors (Lipinski definition) is 1. The van der Waals surface area contributed by atoms with Crippen LogP contribution in [0.3, 0.4) is 0 Å². The number of nitrogens with zero attached hydrogens (tertiary/aromatic N) is 1. The van der Waals surface area contributed by atoms with Gasteiger partial charge in [0.15, 0.2) is 0 Å². The minimum absolute atomic E-state index is 0.189. The van der Waals surface area contributed by atoms with Crippen molar-refractivity contribution < 1.29 is 4.79 Å². The minimum atomic E-state index is -0.189. The average molecular weight is 318 g/mol. The number of carbonyl (C=O) groups excluding carboxylic acids is 1. The van der Waals surface area contributed by atoms with Gasteiger partial charge in [-0.25, -0.2) is 0 Å². The van der Waals surface area contributed by atoms with Gasteiger partial charge >= 0.3 is 0 Å². The maximum atomic E-state index is 12.6. The number of thioether (sulfide) groups is 1. The van der Waals surface area contributed by atoms with Crippen molar-refractivity contribution in [2.24, 2.45) is 5.73 Å². The zero-order chi connectivity index (χ0) is 15.4. The average Bonchev–Trinajstić information content (AvgIpc) is 2.56. The topological polar surface area (TPSA) is 46.3 Å². The third-order valence-corrected chi connectivity index (χ3v) is 6.52. The molecule has 2 N–H and O–H groups in total. The summed E-state index contributed by atoms with van der Waals surface area (Å²) in [5, 5.41) is 0. The second-order valence-corrected chi connectivity index (χ2v) is 8.19. The summed E-state index contributed by atoms with van der Waals surface area (Å²) in [6, 6.07) is 9.76. The van der Waals surface area contributed by atoms with Crippen molar-refractivity contribution in [2.45, 2.75) is 49.3 Å². The maximum Gasteiger partial charge on any atom is 0.224 e. The third kappa shape index (κ3) is 3.66. The van der Waals surface area contributed by atoms with Gasteiger partial charge in [0.2, 0.25) is 5.91 Å². The SMILES string of the molecule is NC(CC(=O)N1CCSC2(CCCCC2)C1)c1ccccc1. The second kappa shape index (κ2) is 7.05. The van der Waals surface area contributed by atoms with E-state index in [0.717, 1.165) is 24.4 Å². The molecule has 1 saturated carbocycles. The van der Waals surface area contributed by atoms with Crippen LogP contribution in [0.2, 0.25) is 0 Å². The van der Waals surface area contributed by atoms with E-state index in [-0.39, 0.29) is 11.9 Å². The maximum absolute atomic E-state index is 12.6. The third-order valence-electron chi connectivity index (χ3n) is 4.99. The molecule has 1 spiro atoms. The summed E-state index contributed by atoms with van der Waals surface area (Å²) in [6.45, 7) is 1.81. The van der Waals surface area contributed by atoms with Crippen LogP contribution in [0.5, 0.6) is 0 Å². The van der Waals surface area contributed by atoms with Gasteiger partial charge in [0, 0.05) is 36.1 Å². The van der Waals surface area contributed by atoms with E-state index < -0.39 is 0 Å². The molecule has 3 rings (SSSR count). The van der Waals surface area contributed by atoms with Gasteiger partial charge in [-0.05, 0) is 18.4 Å².